The minimum Gasteiger partial charge on any atom is -0.354 e. The first-order valence-electron chi connectivity index (χ1n) is 11.6. The van der Waals surface area contributed by atoms with Crippen LogP contribution in [0.25, 0.3) is 0 Å². The number of carbonyl (C=O) groups is 2. The van der Waals surface area contributed by atoms with Crippen molar-refractivity contribution in [2.45, 2.75) is 52.6 Å². The van der Waals surface area contributed by atoms with Crippen LogP contribution < -0.4 is 9.62 Å². The summed E-state index contributed by atoms with van der Waals surface area (Å²) in [5.74, 6) is -0.884. The lowest BCUT2D eigenvalue weighted by molar-refractivity contribution is -0.139. The summed E-state index contributed by atoms with van der Waals surface area (Å²) in [7, 11) is -3.80. The highest BCUT2D eigenvalue weighted by molar-refractivity contribution is 7.92. The van der Waals surface area contributed by atoms with Crippen LogP contribution in [0.2, 0.25) is 10.0 Å². The lowest BCUT2D eigenvalue weighted by Crippen LogP contribution is -2.51. The fourth-order valence-corrected chi connectivity index (χ4v) is 5.02. The topological polar surface area (TPSA) is 86.8 Å². The Bertz CT molecular complexity index is 1120. The van der Waals surface area contributed by atoms with E-state index >= 15 is 0 Å². The standard InChI is InChI=1S/C25H33Cl2N3O4S/c1-5-7-15-28-25(32)18(3)29(16-20-21(26)12-10-13-22(20)27)24(31)17-30(35(4,33)34)23-14-9-8-11-19(23)6-2/h8-14,18H,5-7,15-17H2,1-4H3,(H,28,32)/t18-/m1/s1. The molecule has 10 heteroatoms. The van der Waals surface area contributed by atoms with Gasteiger partial charge in [0, 0.05) is 28.7 Å². The van der Waals surface area contributed by atoms with Crippen LogP contribution in [0.15, 0.2) is 42.5 Å². The molecule has 0 saturated heterocycles. The summed E-state index contributed by atoms with van der Waals surface area (Å²) in [6.45, 7) is 5.49. The van der Waals surface area contributed by atoms with Gasteiger partial charge in [-0.25, -0.2) is 8.42 Å². The van der Waals surface area contributed by atoms with E-state index in [-0.39, 0.29) is 12.5 Å². The quantitative estimate of drug-likeness (QED) is 0.396. The molecule has 1 atom stereocenters. The normalized spacial score (nSPS) is 12.2. The van der Waals surface area contributed by atoms with Crippen LogP contribution >= 0.6 is 23.2 Å². The Kier molecular flexibility index (Phi) is 10.9. The highest BCUT2D eigenvalue weighted by Crippen LogP contribution is 2.28. The fraction of sp³-hybridized carbons (Fsp3) is 0.440. The van der Waals surface area contributed by atoms with Gasteiger partial charge < -0.3 is 10.2 Å². The molecule has 2 aromatic rings. The lowest BCUT2D eigenvalue weighted by Gasteiger charge is -2.32. The van der Waals surface area contributed by atoms with Crippen LogP contribution in [0, 0.1) is 0 Å². The van der Waals surface area contributed by atoms with Crippen LogP contribution in [-0.2, 0) is 32.6 Å². The monoisotopic (exact) mass is 541 g/mol. The van der Waals surface area contributed by atoms with E-state index in [1.54, 1.807) is 37.3 Å². The van der Waals surface area contributed by atoms with Crippen molar-refractivity contribution in [1.29, 1.82) is 0 Å². The van der Waals surface area contributed by atoms with Crippen molar-refractivity contribution in [1.82, 2.24) is 10.2 Å². The van der Waals surface area contributed by atoms with Gasteiger partial charge in [0.25, 0.3) is 0 Å². The van der Waals surface area contributed by atoms with E-state index in [2.05, 4.69) is 5.32 Å². The molecule has 0 unspecified atom stereocenters. The molecule has 2 amide bonds. The molecule has 0 heterocycles. The Morgan fingerprint density at radius 2 is 1.66 bits per heavy atom. The van der Waals surface area contributed by atoms with Crippen molar-refractivity contribution in [2.75, 3.05) is 23.7 Å². The second-order valence-corrected chi connectivity index (χ2v) is 11.0. The van der Waals surface area contributed by atoms with Crippen LogP contribution in [0.3, 0.4) is 0 Å². The molecular formula is C25H33Cl2N3O4S. The summed E-state index contributed by atoms with van der Waals surface area (Å²) in [6, 6.07) is 11.1. The summed E-state index contributed by atoms with van der Waals surface area (Å²) in [6.07, 6.45) is 3.36. The second-order valence-electron chi connectivity index (χ2n) is 8.29. The third kappa shape index (κ3) is 7.85. The molecule has 7 nitrogen and oxygen atoms in total. The molecule has 0 bridgehead atoms. The number of aryl methyl sites for hydroxylation is 1. The fourth-order valence-electron chi connectivity index (χ4n) is 3.62. The van der Waals surface area contributed by atoms with E-state index in [0.29, 0.717) is 34.3 Å². The Balaban J connectivity index is 2.45. The summed E-state index contributed by atoms with van der Waals surface area (Å²) < 4.78 is 26.6. The SMILES string of the molecule is CCCCNC(=O)[C@@H](C)N(Cc1c(Cl)cccc1Cl)C(=O)CN(c1ccccc1CC)S(C)(=O)=O. The van der Waals surface area contributed by atoms with Crippen LogP contribution in [0.5, 0.6) is 0 Å². The van der Waals surface area contributed by atoms with E-state index < -0.39 is 28.5 Å². The van der Waals surface area contributed by atoms with Crippen molar-refractivity contribution in [3.63, 3.8) is 0 Å². The minimum absolute atomic E-state index is 0.0489. The number of nitrogens with one attached hydrogen (secondary N) is 1. The first kappa shape index (κ1) is 28.9. The third-order valence-electron chi connectivity index (χ3n) is 5.71. The van der Waals surface area contributed by atoms with Crippen LogP contribution in [0.1, 0.15) is 44.7 Å². The van der Waals surface area contributed by atoms with E-state index in [9.17, 15) is 18.0 Å². The van der Waals surface area contributed by atoms with E-state index in [1.165, 1.54) is 4.90 Å². The number of carbonyl (C=O) groups excluding carboxylic acids is 2. The van der Waals surface area contributed by atoms with Gasteiger partial charge in [0.2, 0.25) is 21.8 Å². The molecule has 0 aromatic heterocycles. The first-order chi connectivity index (χ1) is 16.5. The number of sulfonamides is 1. The number of amides is 2. The van der Waals surface area contributed by atoms with Gasteiger partial charge in [-0.2, -0.15) is 0 Å². The number of halogens is 2. The molecule has 0 spiro atoms. The summed E-state index contributed by atoms with van der Waals surface area (Å²) in [4.78, 5) is 27.8. The summed E-state index contributed by atoms with van der Waals surface area (Å²) in [5.41, 5.74) is 1.70. The highest BCUT2D eigenvalue weighted by Gasteiger charge is 2.31. The van der Waals surface area contributed by atoms with Crippen molar-refractivity contribution >= 4 is 50.7 Å². The number of unbranched alkanes of at least 4 members (excludes halogenated alkanes) is 1. The van der Waals surface area contributed by atoms with E-state index in [1.807, 2.05) is 26.0 Å². The zero-order chi connectivity index (χ0) is 26.2. The molecule has 2 rings (SSSR count). The number of para-hydroxylation sites is 1. The van der Waals surface area contributed by atoms with Crippen LogP contribution in [0.4, 0.5) is 5.69 Å². The molecular weight excluding hydrogens is 509 g/mol. The van der Waals surface area contributed by atoms with Gasteiger partial charge in [-0.3, -0.25) is 13.9 Å². The Hall–Kier alpha value is -2.29. The van der Waals surface area contributed by atoms with Crippen molar-refractivity contribution in [3.8, 4) is 0 Å². The predicted molar refractivity (Wildman–Crippen MR) is 142 cm³/mol. The van der Waals surface area contributed by atoms with Crippen molar-refractivity contribution in [3.05, 3.63) is 63.6 Å². The minimum atomic E-state index is -3.80. The molecule has 2 aromatic carbocycles. The average Bonchev–Trinajstić information content (AvgIpc) is 2.81. The highest BCUT2D eigenvalue weighted by atomic mass is 35.5. The zero-order valence-corrected chi connectivity index (χ0v) is 22.9. The molecule has 0 saturated carbocycles. The molecule has 192 valence electrons. The van der Waals surface area contributed by atoms with Crippen molar-refractivity contribution in [2.24, 2.45) is 0 Å². The van der Waals surface area contributed by atoms with Gasteiger partial charge >= 0.3 is 0 Å². The van der Waals surface area contributed by atoms with Crippen molar-refractivity contribution < 1.29 is 18.0 Å². The number of benzene rings is 2. The summed E-state index contributed by atoms with van der Waals surface area (Å²) in [5, 5.41) is 3.54. The second kappa shape index (κ2) is 13.1. The van der Waals surface area contributed by atoms with Gasteiger partial charge in [0.15, 0.2) is 0 Å². The van der Waals surface area contributed by atoms with E-state index in [0.717, 1.165) is 29.0 Å². The maximum Gasteiger partial charge on any atom is 0.244 e. The maximum absolute atomic E-state index is 13.6. The van der Waals surface area contributed by atoms with Gasteiger partial charge in [-0.15, -0.1) is 0 Å². The first-order valence-corrected chi connectivity index (χ1v) is 14.2. The third-order valence-corrected chi connectivity index (χ3v) is 7.54. The molecule has 1 N–H and O–H groups in total. The van der Waals surface area contributed by atoms with E-state index in [4.69, 9.17) is 23.2 Å². The molecule has 0 aliphatic carbocycles. The lowest BCUT2D eigenvalue weighted by atomic mass is 10.1. The number of anilines is 1. The number of hydrogen-bond acceptors (Lipinski definition) is 4. The molecule has 0 aliphatic heterocycles. The Morgan fingerprint density at radius 1 is 1.03 bits per heavy atom. The predicted octanol–water partition coefficient (Wildman–Crippen LogP) is 4.66. The van der Waals surface area contributed by atoms with Gasteiger partial charge in [-0.05, 0) is 43.5 Å². The van der Waals surface area contributed by atoms with Gasteiger partial charge in [0.1, 0.15) is 12.6 Å². The Morgan fingerprint density at radius 3 is 2.23 bits per heavy atom. The number of nitrogens with zero attached hydrogens (tertiary/aromatic N) is 2. The molecule has 0 radical (unpaired) electrons. The molecule has 0 aliphatic rings. The Labute approximate surface area is 218 Å². The molecule has 0 fully saturated rings. The zero-order valence-electron chi connectivity index (χ0n) is 20.6. The number of hydrogen-bond donors (Lipinski definition) is 1. The smallest absolute Gasteiger partial charge is 0.244 e. The maximum atomic E-state index is 13.6. The molecule has 35 heavy (non-hydrogen) atoms. The summed E-state index contributed by atoms with van der Waals surface area (Å²) >= 11 is 12.7. The van der Waals surface area contributed by atoms with Gasteiger partial charge in [0.05, 0.1) is 11.9 Å². The largest absolute Gasteiger partial charge is 0.354 e. The average molecular weight is 543 g/mol. The number of rotatable bonds is 12. The van der Waals surface area contributed by atoms with Gasteiger partial charge in [-0.1, -0.05) is 67.7 Å². The van der Waals surface area contributed by atoms with Crippen LogP contribution in [-0.4, -0.2) is 50.5 Å².